The number of urea groups is 1. The minimum Gasteiger partial charge on any atom is -0.312 e. The molecule has 3 amide bonds. The Morgan fingerprint density at radius 1 is 0.852 bits per heavy atom. The molecule has 1 aromatic carbocycles. The minimum absolute atomic E-state index is 0.0161. The average molecular weight is 370 g/mol. The van der Waals surface area contributed by atoms with Crippen LogP contribution in [0.25, 0.3) is 0 Å². The zero-order valence-electron chi connectivity index (χ0n) is 16.3. The van der Waals surface area contributed by atoms with Gasteiger partial charge in [0.1, 0.15) is 6.04 Å². The number of hydrogen-bond acceptors (Lipinski definition) is 4. The third kappa shape index (κ3) is 3.87. The Bertz CT molecular complexity index is 658. The molecular formula is C21H30N4O2. The first-order valence-electron chi connectivity index (χ1n) is 10.3. The standard InChI is InChI=1S/C21H30N4O2/c1-2-22-11-13-23(14-12-22)15-17-6-8-18(9-7-17)16-25-20(26)19-5-3-4-10-24(19)21(25)27/h6-9,19H,2-5,10-16H2,1H3. The Balaban J connectivity index is 1.34. The fourth-order valence-electron chi connectivity index (χ4n) is 4.45. The maximum absolute atomic E-state index is 12.6. The first kappa shape index (κ1) is 18.4. The molecular weight excluding hydrogens is 340 g/mol. The summed E-state index contributed by atoms with van der Waals surface area (Å²) in [7, 11) is 0. The number of amides is 3. The molecule has 3 aliphatic heterocycles. The highest BCUT2D eigenvalue weighted by Crippen LogP contribution is 2.27. The van der Waals surface area contributed by atoms with Gasteiger partial charge in [-0.2, -0.15) is 0 Å². The van der Waals surface area contributed by atoms with Crippen LogP contribution in [0.1, 0.15) is 37.3 Å². The number of benzene rings is 1. The SMILES string of the molecule is CCN1CCN(Cc2ccc(CN3C(=O)C4CCCCN4C3=O)cc2)CC1. The van der Waals surface area contributed by atoms with Crippen molar-refractivity contribution in [3.63, 3.8) is 0 Å². The molecule has 0 spiro atoms. The third-order valence-electron chi connectivity index (χ3n) is 6.21. The first-order valence-corrected chi connectivity index (χ1v) is 10.3. The van der Waals surface area contributed by atoms with E-state index < -0.39 is 0 Å². The summed E-state index contributed by atoms with van der Waals surface area (Å²) >= 11 is 0. The number of rotatable bonds is 5. The Kier molecular flexibility index (Phi) is 5.45. The smallest absolute Gasteiger partial charge is 0.312 e. The van der Waals surface area contributed by atoms with Crippen molar-refractivity contribution >= 4 is 11.9 Å². The van der Waals surface area contributed by atoms with Gasteiger partial charge in [-0.05, 0) is 36.9 Å². The maximum atomic E-state index is 12.6. The molecule has 1 aromatic rings. The number of carbonyl (C=O) groups is 2. The predicted molar refractivity (Wildman–Crippen MR) is 104 cm³/mol. The van der Waals surface area contributed by atoms with Crippen LogP contribution in [0.15, 0.2) is 24.3 Å². The lowest BCUT2D eigenvalue weighted by molar-refractivity contribution is -0.129. The van der Waals surface area contributed by atoms with E-state index in [9.17, 15) is 9.59 Å². The van der Waals surface area contributed by atoms with Gasteiger partial charge in [0.25, 0.3) is 5.91 Å². The Hall–Kier alpha value is -1.92. The van der Waals surface area contributed by atoms with Gasteiger partial charge >= 0.3 is 6.03 Å². The summed E-state index contributed by atoms with van der Waals surface area (Å²) < 4.78 is 0. The number of carbonyl (C=O) groups excluding carboxylic acids is 2. The Labute approximate surface area is 161 Å². The number of piperidine rings is 1. The summed E-state index contributed by atoms with van der Waals surface area (Å²) in [6.45, 7) is 9.94. The lowest BCUT2D eigenvalue weighted by Crippen LogP contribution is -2.45. The summed E-state index contributed by atoms with van der Waals surface area (Å²) in [5, 5.41) is 0. The first-order chi connectivity index (χ1) is 13.2. The Morgan fingerprint density at radius 2 is 1.48 bits per heavy atom. The van der Waals surface area contributed by atoms with Gasteiger partial charge in [0.15, 0.2) is 0 Å². The molecule has 3 heterocycles. The molecule has 6 nitrogen and oxygen atoms in total. The van der Waals surface area contributed by atoms with Gasteiger partial charge in [0.2, 0.25) is 0 Å². The molecule has 0 aliphatic carbocycles. The lowest BCUT2D eigenvalue weighted by atomic mass is 10.0. The van der Waals surface area contributed by atoms with E-state index in [0.717, 1.165) is 70.6 Å². The van der Waals surface area contributed by atoms with Gasteiger partial charge in [-0.3, -0.25) is 14.6 Å². The van der Waals surface area contributed by atoms with E-state index in [1.54, 1.807) is 4.90 Å². The highest BCUT2D eigenvalue weighted by molar-refractivity contribution is 6.04. The molecule has 3 aliphatic rings. The van der Waals surface area contributed by atoms with E-state index in [4.69, 9.17) is 0 Å². The van der Waals surface area contributed by atoms with E-state index >= 15 is 0 Å². The molecule has 0 bridgehead atoms. The van der Waals surface area contributed by atoms with Crippen LogP contribution in [0.4, 0.5) is 4.79 Å². The van der Waals surface area contributed by atoms with E-state index in [1.807, 2.05) is 0 Å². The number of nitrogens with zero attached hydrogens (tertiary/aromatic N) is 4. The third-order valence-corrected chi connectivity index (χ3v) is 6.21. The topological polar surface area (TPSA) is 47.1 Å². The summed E-state index contributed by atoms with van der Waals surface area (Å²) in [5.41, 5.74) is 2.32. The average Bonchev–Trinajstić information content (AvgIpc) is 2.95. The molecule has 4 rings (SSSR count). The fraction of sp³-hybridized carbons (Fsp3) is 0.619. The van der Waals surface area contributed by atoms with Crippen molar-refractivity contribution in [3.8, 4) is 0 Å². The van der Waals surface area contributed by atoms with Gasteiger partial charge < -0.3 is 9.80 Å². The summed E-state index contributed by atoms with van der Waals surface area (Å²) in [6.07, 6.45) is 2.85. The second-order valence-electron chi connectivity index (χ2n) is 7.94. The van der Waals surface area contributed by atoms with Crippen LogP contribution in [0, 0.1) is 0 Å². The fourth-order valence-corrected chi connectivity index (χ4v) is 4.45. The number of imide groups is 1. The second kappa shape index (κ2) is 7.98. The number of likely N-dealkylation sites (N-methyl/N-ethyl adjacent to an activating group) is 1. The van der Waals surface area contributed by atoms with Crippen LogP contribution in [-0.4, -0.2) is 76.8 Å². The monoisotopic (exact) mass is 370 g/mol. The molecule has 1 atom stereocenters. The molecule has 3 fully saturated rings. The highest BCUT2D eigenvalue weighted by Gasteiger charge is 2.45. The molecule has 0 saturated carbocycles. The largest absolute Gasteiger partial charge is 0.327 e. The molecule has 3 saturated heterocycles. The van der Waals surface area contributed by atoms with E-state index in [0.29, 0.717) is 6.54 Å². The lowest BCUT2D eigenvalue weighted by Gasteiger charge is -2.34. The van der Waals surface area contributed by atoms with E-state index in [-0.39, 0.29) is 18.0 Å². The van der Waals surface area contributed by atoms with Crippen LogP contribution < -0.4 is 0 Å². The van der Waals surface area contributed by atoms with Crippen molar-refractivity contribution in [1.82, 2.24) is 19.6 Å². The second-order valence-corrected chi connectivity index (χ2v) is 7.94. The molecule has 146 valence electrons. The van der Waals surface area contributed by atoms with Crippen molar-refractivity contribution < 1.29 is 9.59 Å². The zero-order chi connectivity index (χ0) is 18.8. The van der Waals surface area contributed by atoms with Crippen molar-refractivity contribution in [1.29, 1.82) is 0 Å². The van der Waals surface area contributed by atoms with Crippen LogP contribution >= 0.6 is 0 Å². The van der Waals surface area contributed by atoms with Gasteiger partial charge in [-0.25, -0.2) is 4.79 Å². The molecule has 1 unspecified atom stereocenters. The maximum Gasteiger partial charge on any atom is 0.327 e. The van der Waals surface area contributed by atoms with E-state index in [1.165, 1.54) is 10.5 Å². The van der Waals surface area contributed by atoms with Gasteiger partial charge in [0, 0.05) is 39.3 Å². The molecule has 27 heavy (non-hydrogen) atoms. The minimum atomic E-state index is -0.215. The molecule has 0 aromatic heterocycles. The number of piperazine rings is 1. The number of fused-ring (bicyclic) bond motifs is 1. The molecule has 0 N–H and O–H groups in total. The highest BCUT2D eigenvalue weighted by atomic mass is 16.2. The van der Waals surface area contributed by atoms with Gasteiger partial charge in [0.05, 0.1) is 6.54 Å². The normalized spacial score (nSPS) is 24.6. The van der Waals surface area contributed by atoms with Gasteiger partial charge in [-0.15, -0.1) is 0 Å². The van der Waals surface area contributed by atoms with Crippen LogP contribution in [0.3, 0.4) is 0 Å². The van der Waals surface area contributed by atoms with E-state index in [2.05, 4.69) is 41.0 Å². The Morgan fingerprint density at radius 3 is 2.11 bits per heavy atom. The summed E-state index contributed by atoms with van der Waals surface area (Å²) in [4.78, 5) is 33.3. The van der Waals surface area contributed by atoms with Gasteiger partial charge in [-0.1, -0.05) is 31.2 Å². The van der Waals surface area contributed by atoms with Crippen molar-refractivity contribution in [2.45, 2.75) is 45.3 Å². The predicted octanol–water partition coefficient (Wildman–Crippen LogP) is 2.14. The van der Waals surface area contributed by atoms with Crippen LogP contribution in [0.2, 0.25) is 0 Å². The summed E-state index contributed by atoms with van der Waals surface area (Å²) in [6, 6.07) is 8.08. The van der Waals surface area contributed by atoms with Crippen molar-refractivity contribution in [3.05, 3.63) is 35.4 Å². The van der Waals surface area contributed by atoms with Crippen molar-refractivity contribution in [2.75, 3.05) is 39.3 Å². The van der Waals surface area contributed by atoms with Crippen LogP contribution in [-0.2, 0) is 17.9 Å². The quantitative estimate of drug-likeness (QED) is 0.745. The van der Waals surface area contributed by atoms with Crippen LogP contribution in [0.5, 0.6) is 0 Å². The summed E-state index contributed by atoms with van der Waals surface area (Å²) in [5.74, 6) is -0.0161. The number of hydrogen-bond donors (Lipinski definition) is 0. The molecule has 0 radical (unpaired) electrons. The molecule has 6 heteroatoms. The van der Waals surface area contributed by atoms with Crippen molar-refractivity contribution in [2.24, 2.45) is 0 Å². The zero-order valence-corrected chi connectivity index (χ0v) is 16.3.